The Bertz CT molecular complexity index is 1020. The van der Waals surface area contributed by atoms with Gasteiger partial charge in [-0.2, -0.15) is 0 Å². The summed E-state index contributed by atoms with van der Waals surface area (Å²) in [5.41, 5.74) is 1.60. The molecule has 130 valence electrons. The molecule has 2 heterocycles. The molecule has 1 aromatic carbocycles. The van der Waals surface area contributed by atoms with E-state index in [9.17, 15) is 9.90 Å². The predicted molar refractivity (Wildman–Crippen MR) is 96.3 cm³/mol. The van der Waals surface area contributed by atoms with Crippen LogP contribution >= 0.6 is 0 Å². The maximum Gasteiger partial charge on any atom is 0.296 e. The summed E-state index contributed by atoms with van der Waals surface area (Å²) < 4.78 is 1.63. The monoisotopic (exact) mass is 349 g/mol. The van der Waals surface area contributed by atoms with Gasteiger partial charge < -0.3 is 14.9 Å². The number of allylic oxidation sites excluding steroid dienone is 1. The zero-order chi connectivity index (χ0) is 18.5. The molecule has 0 aliphatic carbocycles. The second-order valence-electron chi connectivity index (χ2n) is 5.31. The number of oxime groups is 1. The minimum atomic E-state index is -0.607. The summed E-state index contributed by atoms with van der Waals surface area (Å²) in [5.74, 6) is -0.694. The molecule has 3 rings (SSSR count). The minimum absolute atomic E-state index is 0.0877. The van der Waals surface area contributed by atoms with Gasteiger partial charge in [0.05, 0.1) is 23.0 Å². The molecule has 0 radical (unpaired) electrons. The van der Waals surface area contributed by atoms with Gasteiger partial charge in [0.25, 0.3) is 5.91 Å². The van der Waals surface area contributed by atoms with E-state index in [-0.39, 0.29) is 17.1 Å². The second-order valence-corrected chi connectivity index (χ2v) is 5.31. The highest BCUT2D eigenvalue weighted by Crippen LogP contribution is 2.38. The molecular formula is C18H15N5O3. The molecule has 1 amide bonds. The molecular weight excluding hydrogens is 334 g/mol. The number of hydrogen-bond acceptors (Lipinski definition) is 6. The van der Waals surface area contributed by atoms with Gasteiger partial charge in [-0.3, -0.25) is 9.78 Å². The van der Waals surface area contributed by atoms with Crippen LogP contribution in [0, 0.1) is 0 Å². The second kappa shape index (κ2) is 7.39. The smallest absolute Gasteiger partial charge is 0.296 e. The standard InChI is InChI=1S/C18H15N5O3/c1-2-9-23-15-6-4-3-5-14(15)16(18(23)25)21-22-17(24)12-7-8-13(11-20-26)19-10-12/h2-8,10-11,25-26H,1,9H2/b20-11-,22-21?. The molecule has 0 spiro atoms. The minimum Gasteiger partial charge on any atom is -0.493 e. The van der Waals surface area contributed by atoms with Crippen molar-refractivity contribution in [1.29, 1.82) is 0 Å². The fraction of sp³-hybridized carbons (Fsp3) is 0.0556. The van der Waals surface area contributed by atoms with E-state index in [1.165, 1.54) is 18.3 Å². The first-order valence-electron chi connectivity index (χ1n) is 7.66. The van der Waals surface area contributed by atoms with Crippen LogP contribution in [0.15, 0.2) is 70.6 Å². The van der Waals surface area contributed by atoms with Gasteiger partial charge in [-0.25, -0.2) is 0 Å². The van der Waals surface area contributed by atoms with Crippen LogP contribution in [0.3, 0.4) is 0 Å². The van der Waals surface area contributed by atoms with E-state index in [0.717, 1.165) is 11.7 Å². The van der Waals surface area contributed by atoms with Crippen molar-refractivity contribution in [3.63, 3.8) is 0 Å². The van der Waals surface area contributed by atoms with E-state index < -0.39 is 5.91 Å². The Kier molecular flexibility index (Phi) is 4.84. The highest BCUT2D eigenvalue weighted by molar-refractivity contribution is 5.97. The fourth-order valence-electron chi connectivity index (χ4n) is 2.50. The molecule has 0 saturated carbocycles. The van der Waals surface area contributed by atoms with Crippen LogP contribution in [-0.2, 0) is 6.54 Å². The number of hydrogen-bond donors (Lipinski definition) is 2. The number of azo groups is 1. The summed E-state index contributed by atoms with van der Waals surface area (Å²) in [5, 5.41) is 30.1. The number of pyridine rings is 1. The Morgan fingerprint density at radius 1 is 1.27 bits per heavy atom. The van der Waals surface area contributed by atoms with Crippen molar-refractivity contribution in [2.75, 3.05) is 0 Å². The van der Waals surface area contributed by atoms with E-state index >= 15 is 0 Å². The summed E-state index contributed by atoms with van der Waals surface area (Å²) in [6, 6.07) is 10.3. The number of aromatic hydroxyl groups is 1. The lowest BCUT2D eigenvalue weighted by Gasteiger charge is -2.01. The van der Waals surface area contributed by atoms with E-state index in [0.29, 0.717) is 17.6 Å². The molecule has 0 bridgehead atoms. The lowest BCUT2D eigenvalue weighted by atomic mass is 10.2. The molecule has 0 fully saturated rings. The molecule has 0 unspecified atom stereocenters. The number of carbonyl (C=O) groups is 1. The molecule has 8 nitrogen and oxygen atoms in total. The number of benzene rings is 1. The summed E-state index contributed by atoms with van der Waals surface area (Å²) in [6.45, 7) is 4.07. The number of rotatable bonds is 5. The van der Waals surface area contributed by atoms with Crippen LogP contribution in [-0.4, -0.2) is 32.0 Å². The maximum absolute atomic E-state index is 12.2. The fourth-order valence-corrected chi connectivity index (χ4v) is 2.50. The maximum atomic E-state index is 12.2. The van der Waals surface area contributed by atoms with Crippen molar-refractivity contribution in [2.45, 2.75) is 6.54 Å². The molecule has 3 aromatic rings. The van der Waals surface area contributed by atoms with Crippen LogP contribution in [0.25, 0.3) is 10.9 Å². The highest BCUT2D eigenvalue weighted by atomic mass is 16.4. The summed E-state index contributed by atoms with van der Waals surface area (Å²) in [4.78, 5) is 16.1. The largest absolute Gasteiger partial charge is 0.493 e. The summed E-state index contributed by atoms with van der Waals surface area (Å²) >= 11 is 0. The highest BCUT2D eigenvalue weighted by Gasteiger charge is 2.16. The number of carbonyl (C=O) groups excluding carboxylic acids is 1. The quantitative estimate of drug-likeness (QED) is 0.241. The lowest BCUT2D eigenvalue weighted by Crippen LogP contribution is -1.96. The average Bonchev–Trinajstić information content (AvgIpc) is 2.93. The van der Waals surface area contributed by atoms with Crippen LogP contribution in [0.1, 0.15) is 16.1 Å². The number of fused-ring (bicyclic) bond motifs is 1. The number of para-hydroxylation sites is 1. The first-order valence-corrected chi connectivity index (χ1v) is 7.66. The zero-order valence-electron chi connectivity index (χ0n) is 13.6. The Labute approximate surface area is 148 Å². The van der Waals surface area contributed by atoms with Crippen LogP contribution in [0.4, 0.5) is 5.69 Å². The Balaban J connectivity index is 1.94. The van der Waals surface area contributed by atoms with Gasteiger partial charge in [-0.05, 0) is 18.2 Å². The molecule has 0 saturated heterocycles. The Morgan fingerprint density at radius 2 is 2.08 bits per heavy atom. The van der Waals surface area contributed by atoms with Gasteiger partial charge in [0.2, 0.25) is 5.88 Å². The van der Waals surface area contributed by atoms with Crippen LogP contribution in [0.2, 0.25) is 0 Å². The van der Waals surface area contributed by atoms with Crippen molar-refractivity contribution in [1.82, 2.24) is 9.55 Å². The van der Waals surface area contributed by atoms with Gasteiger partial charge in [-0.15, -0.1) is 16.8 Å². The van der Waals surface area contributed by atoms with Gasteiger partial charge in [0.15, 0.2) is 5.69 Å². The predicted octanol–water partition coefficient (Wildman–Crippen LogP) is 3.66. The van der Waals surface area contributed by atoms with Crippen molar-refractivity contribution in [3.8, 4) is 5.88 Å². The molecule has 0 aliphatic rings. The third kappa shape index (κ3) is 3.20. The van der Waals surface area contributed by atoms with Crippen LogP contribution < -0.4 is 0 Å². The average molecular weight is 349 g/mol. The summed E-state index contributed by atoms with van der Waals surface area (Å²) in [7, 11) is 0. The van der Waals surface area contributed by atoms with E-state index in [1.807, 2.05) is 18.2 Å². The zero-order valence-corrected chi connectivity index (χ0v) is 13.6. The molecule has 2 aromatic heterocycles. The van der Waals surface area contributed by atoms with Gasteiger partial charge in [0, 0.05) is 18.1 Å². The van der Waals surface area contributed by atoms with Gasteiger partial charge in [0.1, 0.15) is 0 Å². The topological polar surface area (TPSA) is 112 Å². The number of aromatic nitrogens is 2. The Morgan fingerprint density at radius 3 is 2.77 bits per heavy atom. The molecule has 0 aliphatic heterocycles. The van der Waals surface area contributed by atoms with Crippen molar-refractivity contribution < 1.29 is 15.1 Å². The van der Waals surface area contributed by atoms with Crippen LogP contribution in [0.5, 0.6) is 5.88 Å². The first kappa shape index (κ1) is 17.0. The lowest BCUT2D eigenvalue weighted by molar-refractivity contribution is 0.0994. The van der Waals surface area contributed by atoms with Gasteiger partial charge in [-0.1, -0.05) is 29.4 Å². The molecule has 2 N–H and O–H groups in total. The van der Waals surface area contributed by atoms with E-state index in [2.05, 4.69) is 26.9 Å². The van der Waals surface area contributed by atoms with E-state index in [1.54, 1.807) is 16.7 Å². The van der Waals surface area contributed by atoms with Crippen molar-refractivity contribution in [3.05, 3.63) is 66.5 Å². The molecule has 8 heteroatoms. The number of nitrogens with zero attached hydrogens (tertiary/aromatic N) is 5. The first-order chi connectivity index (χ1) is 12.7. The normalized spacial score (nSPS) is 11.5. The number of amides is 1. The molecule has 26 heavy (non-hydrogen) atoms. The third-order valence-corrected chi connectivity index (χ3v) is 3.69. The van der Waals surface area contributed by atoms with Crippen molar-refractivity contribution in [2.24, 2.45) is 15.4 Å². The van der Waals surface area contributed by atoms with Crippen molar-refractivity contribution >= 4 is 28.7 Å². The summed E-state index contributed by atoms with van der Waals surface area (Å²) in [6.07, 6.45) is 4.10. The van der Waals surface area contributed by atoms with E-state index in [4.69, 9.17) is 5.21 Å². The molecule has 0 atom stereocenters. The Hall–Kier alpha value is -3.81. The third-order valence-electron chi connectivity index (χ3n) is 3.69. The SMILES string of the molecule is C=CCn1c(O)c(N=NC(=O)c2ccc(/C=N\O)nc2)c2ccccc21. The van der Waals surface area contributed by atoms with Gasteiger partial charge >= 0.3 is 0 Å².